The lowest BCUT2D eigenvalue weighted by Gasteiger charge is -2.29. The molecule has 0 aliphatic rings. The lowest BCUT2D eigenvalue weighted by atomic mass is 10.0. The van der Waals surface area contributed by atoms with Gasteiger partial charge in [-0.3, -0.25) is 9.36 Å². The molecule has 0 fully saturated rings. The van der Waals surface area contributed by atoms with Crippen LogP contribution in [0.3, 0.4) is 0 Å². The van der Waals surface area contributed by atoms with Gasteiger partial charge in [0.15, 0.2) is 0 Å². The highest BCUT2D eigenvalue weighted by Gasteiger charge is 2.23. The number of nitrogens with zero attached hydrogens (tertiary/aromatic N) is 1. The zero-order valence-electron chi connectivity index (χ0n) is 39.0. The van der Waals surface area contributed by atoms with Crippen LogP contribution >= 0.6 is 7.82 Å². The number of allylic oxidation sites excluding steroid dienone is 3. The molecule has 0 radical (unpaired) electrons. The molecule has 58 heavy (non-hydrogen) atoms. The number of phosphoric ester groups is 1. The van der Waals surface area contributed by atoms with Crippen molar-refractivity contribution in [2.45, 2.75) is 244 Å². The molecule has 0 spiro atoms. The number of aliphatic hydroxyl groups is 1. The Morgan fingerprint density at radius 1 is 0.586 bits per heavy atom. The molecule has 3 atom stereocenters. The van der Waals surface area contributed by atoms with Crippen molar-refractivity contribution in [2.24, 2.45) is 0 Å². The van der Waals surface area contributed by atoms with Gasteiger partial charge in [0.25, 0.3) is 7.82 Å². The molecule has 0 saturated heterocycles. The third-order valence-electron chi connectivity index (χ3n) is 11.2. The molecule has 0 aromatic rings. The maximum atomic E-state index is 12.8. The maximum absolute atomic E-state index is 12.8. The van der Waals surface area contributed by atoms with Crippen molar-refractivity contribution in [3.05, 3.63) is 24.3 Å². The summed E-state index contributed by atoms with van der Waals surface area (Å²) >= 11 is 0. The van der Waals surface area contributed by atoms with E-state index in [1.54, 1.807) is 6.08 Å². The molecule has 1 amide bonds. The van der Waals surface area contributed by atoms with Crippen LogP contribution in [0.15, 0.2) is 24.3 Å². The normalized spacial score (nSPS) is 14.4. The van der Waals surface area contributed by atoms with Crippen molar-refractivity contribution in [1.82, 2.24) is 5.32 Å². The van der Waals surface area contributed by atoms with Gasteiger partial charge in [0, 0.05) is 6.42 Å². The second-order valence-corrected chi connectivity index (χ2v) is 19.6. The predicted molar refractivity (Wildman–Crippen MR) is 247 cm³/mol. The van der Waals surface area contributed by atoms with Crippen LogP contribution in [0.5, 0.6) is 0 Å². The highest BCUT2D eigenvalue weighted by Crippen LogP contribution is 2.38. The van der Waals surface area contributed by atoms with Crippen LogP contribution in [-0.2, 0) is 18.4 Å². The fourth-order valence-electron chi connectivity index (χ4n) is 7.21. The standard InChI is InChI=1S/C49H97N2O6P/c1-6-8-10-12-14-15-16-17-18-19-20-21-22-23-24-25-26-27-28-29-30-31-32-33-34-35-37-39-41-43-49(53)50-47(48(52)42-40-38-36-13-11-9-7-2)46-57-58(54,55)56-45-44-51(3,4)5/h19-20,40,42,47-48,52H,6-18,21-39,41,43-46H2,1-5H3,(H-,50,53,54,55)/b20-19-,42-40+. The number of quaternary nitrogens is 1. The highest BCUT2D eigenvalue weighted by molar-refractivity contribution is 7.45. The number of hydrogen-bond donors (Lipinski definition) is 2. The average Bonchev–Trinajstić information content (AvgIpc) is 3.17. The number of nitrogens with one attached hydrogen (secondary N) is 1. The number of carbonyl (C=O) groups is 1. The number of unbranched alkanes of at least 4 members (excludes halogenated alkanes) is 30. The molecule has 9 heteroatoms. The Kier molecular flexibility index (Phi) is 40.6. The minimum absolute atomic E-state index is 0.000216. The number of aliphatic hydroxyl groups excluding tert-OH is 1. The number of phosphoric acid groups is 1. The molecular formula is C49H97N2O6P. The van der Waals surface area contributed by atoms with Crippen molar-refractivity contribution in [1.29, 1.82) is 0 Å². The van der Waals surface area contributed by atoms with Crippen molar-refractivity contribution in [3.63, 3.8) is 0 Å². The molecule has 0 saturated carbocycles. The quantitative estimate of drug-likeness (QED) is 0.0274. The highest BCUT2D eigenvalue weighted by atomic mass is 31.2. The summed E-state index contributed by atoms with van der Waals surface area (Å²) in [4.78, 5) is 25.2. The van der Waals surface area contributed by atoms with E-state index in [1.165, 1.54) is 173 Å². The Labute approximate surface area is 360 Å². The minimum atomic E-state index is -4.58. The van der Waals surface area contributed by atoms with E-state index in [0.29, 0.717) is 17.4 Å². The van der Waals surface area contributed by atoms with Crippen LogP contribution in [0.25, 0.3) is 0 Å². The molecular weight excluding hydrogens is 744 g/mol. The Hall–Kier alpha value is -1.02. The number of carbonyl (C=O) groups excluding carboxylic acids is 1. The second-order valence-electron chi connectivity index (χ2n) is 18.2. The van der Waals surface area contributed by atoms with Crippen molar-refractivity contribution < 1.29 is 32.9 Å². The van der Waals surface area contributed by atoms with Crippen molar-refractivity contribution in [2.75, 3.05) is 40.9 Å². The van der Waals surface area contributed by atoms with E-state index in [0.717, 1.165) is 38.5 Å². The summed E-state index contributed by atoms with van der Waals surface area (Å²) in [7, 11) is 1.26. The summed E-state index contributed by atoms with van der Waals surface area (Å²) < 4.78 is 23.1. The van der Waals surface area contributed by atoms with Crippen LogP contribution < -0.4 is 10.2 Å². The number of hydrogen-bond acceptors (Lipinski definition) is 6. The van der Waals surface area contributed by atoms with Gasteiger partial charge in [0.2, 0.25) is 5.91 Å². The summed E-state index contributed by atoms with van der Waals surface area (Å²) in [6, 6.07) is -0.880. The Bertz CT molecular complexity index is 1000. The fourth-order valence-corrected chi connectivity index (χ4v) is 7.93. The molecule has 3 unspecified atom stereocenters. The van der Waals surface area contributed by atoms with Crippen LogP contribution in [0.1, 0.15) is 232 Å². The van der Waals surface area contributed by atoms with E-state index in [-0.39, 0.29) is 19.1 Å². The molecule has 0 heterocycles. The van der Waals surface area contributed by atoms with E-state index in [4.69, 9.17) is 9.05 Å². The zero-order chi connectivity index (χ0) is 42.8. The number of likely N-dealkylation sites (N-methyl/N-ethyl adjacent to an activating group) is 1. The first kappa shape index (κ1) is 57.0. The molecule has 0 aliphatic carbocycles. The second kappa shape index (κ2) is 41.3. The first-order valence-corrected chi connectivity index (χ1v) is 26.2. The molecule has 8 nitrogen and oxygen atoms in total. The first-order valence-electron chi connectivity index (χ1n) is 24.7. The lowest BCUT2D eigenvalue weighted by molar-refractivity contribution is -0.870. The van der Waals surface area contributed by atoms with Crippen LogP contribution in [0.2, 0.25) is 0 Å². The van der Waals surface area contributed by atoms with E-state index in [9.17, 15) is 19.4 Å². The molecule has 0 aliphatic heterocycles. The molecule has 0 bridgehead atoms. The zero-order valence-corrected chi connectivity index (χ0v) is 39.9. The van der Waals surface area contributed by atoms with Crippen LogP contribution in [-0.4, -0.2) is 68.5 Å². The fraction of sp³-hybridized carbons (Fsp3) is 0.898. The molecule has 0 aromatic carbocycles. The summed E-state index contributed by atoms with van der Waals surface area (Å²) in [5, 5.41) is 13.7. The molecule has 2 N–H and O–H groups in total. The SMILES string of the molecule is CCCCCCC/C=C/C(O)C(COP(=O)([O-])OCC[N+](C)(C)C)NC(=O)CCCCCCCCCCCCCCCCCCC/C=C\CCCCCCCCCC. The molecule has 0 aromatic heterocycles. The van der Waals surface area contributed by atoms with Gasteiger partial charge in [-0.25, -0.2) is 0 Å². The topological polar surface area (TPSA) is 108 Å². The van der Waals surface area contributed by atoms with Crippen molar-refractivity contribution >= 4 is 13.7 Å². The van der Waals surface area contributed by atoms with E-state index in [2.05, 4.69) is 31.3 Å². The number of amides is 1. The van der Waals surface area contributed by atoms with Gasteiger partial charge < -0.3 is 28.8 Å². The van der Waals surface area contributed by atoms with Gasteiger partial charge in [-0.1, -0.05) is 205 Å². The smallest absolute Gasteiger partial charge is 0.268 e. The largest absolute Gasteiger partial charge is 0.756 e. The van der Waals surface area contributed by atoms with Crippen LogP contribution in [0, 0.1) is 0 Å². The van der Waals surface area contributed by atoms with Gasteiger partial charge in [-0.2, -0.15) is 0 Å². The van der Waals surface area contributed by atoms with Gasteiger partial charge in [0.1, 0.15) is 13.2 Å². The molecule has 0 rings (SSSR count). The maximum Gasteiger partial charge on any atom is 0.268 e. The van der Waals surface area contributed by atoms with Gasteiger partial charge in [0.05, 0.1) is 39.9 Å². The predicted octanol–water partition coefficient (Wildman–Crippen LogP) is 13.5. The summed E-state index contributed by atoms with van der Waals surface area (Å²) in [6.45, 7) is 4.59. The van der Waals surface area contributed by atoms with Crippen LogP contribution in [0.4, 0.5) is 0 Å². The Morgan fingerprint density at radius 2 is 0.948 bits per heavy atom. The van der Waals surface area contributed by atoms with Crippen molar-refractivity contribution in [3.8, 4) is 0 Å². The third-order valence-corrected chi connectivity index (χ3v) is 12.1. The lowest BCUT2D eigenvalue weighted by Crippen LogP contribution is -2.45. The summed E-state index contributed by atoms with van der Waals surface area (Å²) in [5.41, 5.74) is 0. The monoisotopic (exact) mass is 841 g/mol. The minimum Gasteiger partial charge on any atom is -0.756 e. The Balaban J connectivity index is 3.94. The first-order chi connectivity index (χ1) is 28.0. The van der Waals surface area contributed by atoms with Gasteiger partial charge >= 0.3 is 0 Å². The molecule has 344 valence electrons. The van der Waals surface area contributed by atoms with Gasteiger partial charge in [-0.05, 0) is 44.9 Å². The number of rotatable bonds is 45. The van der Waals surface area contributed by atoms with Gasteiger partial charge in [-0.15, -0.1) is 0 Å². The van der Waals surface area contributed by atoms with E-state index < -0.39 is 20.0 Å². The summed E-state index contributed by atoms with van der Waals surface area (Å²) in [6.07, 6.45) is 49.9. The van der Waals surface area contributed by atoms with E-state index in [1.807, 2.05) is 27.2 Å². The van der Waals surface area contributed by atoms with E-state index >= 15 is 0 Å². The average molecular weight is 841 g/mol. The summed E-state index contributed by atoms with van der Waals surface area (Å²) in [5.74, 6) is -0.199. The third kappa shape index (κ3) is 43.1. The Morgan fingerprint density at radius 3 is 1.34 bits per heavy atom.